The Morgan fingerprint density at radius 2 is 1.72 bits per heavy atom. The average molecular weight is 495 g/mol. The molecule has 0 fully saturated rings. The lowest BCUT2D eigenvalue weighted by Crippen LogP contribution is -2.11. The number of ether oxygens (including phenoxy) is 4. The highest BCUT2D eigenvalue weighted by Crippen LogP contribution is 2.36. The summed E-state index contributed by atoms with van der Waals surface area (Å²) in [4.78, 5) is 25.1. The molecule has 4 rings (SSSR count). The summed E-state index contributed by atoms with van der Waals surface area (Å²) in [6, 6.07) is 17.2. The number of hydrogen-bond acceptors (Lipinski definition) is 6. The van der Waals surface area contributed by atoms with Crippen LogP contribution in [-0.4, -0.2) is 32.4 Å². The van der Waals surface area contributed by atoms with Gasteiger partial charge in [-0.1, -0.05) is 28.1 Å². The molecule has 0 bridgehead atoms. The number of Topliss-reactive ketones (excluding diaryl/α,β-unsaturated/α-hetero) is 2. The third kappa shape index (κ3) is 4.53. The first kappa shape index (κ1) is 21.6. The minimum absolute atomic E-state index is 0.127. The van der Waals surface area contributed by atoms with E-state index in [1.807, 2.05) is 0 Å². The zero-order chi connectivity index (χ0) is 22.7. The van der Waals surface area contributed by atoms with Crippen molar-refractivity contribution in [1.29, 1.82) is 0 Å². The summed E-state index contributed by atoms with van der Waals surface area (Å²) >= 11 is 3.34. The van der Waals surface area contributed by atoms with Crippen molar-refractivity contribution in [2.24, 2.45) is 0 Å². The summed E-state index contributed by atoms with van der Waals surface area (Å²) in [6.07, 6.45) is 1.61. The highest BCUT2D eigenvalue weighted by molar-refractivity contribution is 9.10. The second-order valence-corrected chi connectivity index (χ2v) is 7.84. The van der Waals surface area contributed by atoms with Crippen LogP contribution in [-0.2, 0) is 0 Å². The van der Waals surface area contributed by atoms with Gasteiger partial charge in [-0.25, -0.2) is 0 Å². The number of carbonyl (C=O) groups is 2. The van der Waals surface area contributed by atoms with Crippen LogP contribution in [0.15, 0.2) is 70.9 Å². The lowest BCUT2D eigenvalue weighted by atomic mass is 10.1. The molecule has 32 heavy (non-hydrogen) atoms. The molecular weight excluding hydrogens is 476 g/mol. The van der Waals surface area contributed by atoms with E-state index in [1.54, 1.807) is 81.0 Å². The normalized spacial score (nSPS) is 13.5. The van der Waals surface area contributed by atoms with E-state index in [-0.39, 0.29) is 23.9 Å². The molecule has 7 heteroatoms. The Morgan fingerprint density at radius 3 is 2.44 bits per heavy atom. The van der Waals surface area contributed by atoms with Gasteiger partial charge in [0.1, 0.15) is 23.0 Å². The van der Waals surface area contributed by atoms with Crippen molar-refractivity contribution in [2.75, 3.05) is 20.8 Å². The van der Waals surface area contributed by atoms with Crippen LogP contribution in [0.4, 0.5) is 0 Å². The smallest absolute Gasteiger partial charge is 0.231 e. The predicted molar refractivity (Wildman–Crippen MR) is 123 cm³/mol. The third-order valence-electron chi connectivity index (χ3n) is 4.90. The predicted octanol–water partition coefficient (Wildman–Crippen LogP) is 5.34. The van der Waals surface area contributed by atoms with Gasteiger partial charge in [0.25, 0.3) is 0 Å². The standard InChI is InChI=1S/C25H19BrO6/c1-29-18-8-10-22(30-2)16(11-18)12-24-25(28)20-9-7-19(13-23(20)32-24)31-14-21(27)15-3-5-17(26)6-4-15/h3-13H,14H2,1-2H3. The van der Waals surface area contributed by atoms with Crippen LogP contribution in [0.1, 0.15) is 26.3 Å². The summed E-state index contributed by atoms with van der Waals surface area (Å²) in [5.74, 6) is 1.78. The number of ketones is 2. The van der Waals surface area contributed by atoms with Crippen LogP contribution in [0.5, 0.6) is 23.0 Å². The number of fused-ring (bicyclic) bond motifs is 1. The lowest BCUT2D eigenvalue weighted by molar-refractivity contribution is 0.0921. The number of halogens is 1. The molecule has 3 aromatic carbocycles. The van der Waals surface area contributed by atoms with Crippen LogP contribution in [0.3, 0.4) is 0 Å². The first-order valence-electron chi connectivity index (χ1n) is 9.70. The molecular formula is C25H19BrO6. The van der Waals surface area contributed by atoms with E-state index >= 15 is 0 Å². The average Bonchev–Trinajstić information content (AvgIpc) is 3.12. The van der Waals surface area contributed by atoms with Gasteiger partial charge in [0.15, 0.2) is 18.1 Å². The molecule has 1 heterocycles. The molecule has 0 aliphatic carbocycles. The SMILES string of the molecule is COc1ccc(OC)c(C=C2Oc3cc(OCC(=O)c4ccc(Br)cc4)ccc3C2=O)c1. The van der Waals surface area contributed by atoms with E-state index < -0.39 is 0 Å². The van der Waals surface area contributed by atoms with Crippen LogP contribution in [0, 0.1) is 0 Å². The first-order valence-corrected chi connectivity index (χ1v) is 10.5. The zero-order valence-electron chi connectivity index (χ0n) is 17.4. The third-order valence-corrected chi connectivity index (χ3v) is 5.43. The van der Waals surface area contributed by atoms with Gasteiger partial charge in [0.05, 0.1) is 19.8 Å². The maximum Gasteiger partial charge on any atom is 0.231 e. The van der Waals surface area contributed by atoms with Gasteiger partial charge < -0.3 is 18.9 Å². The Hall–Kier alpha value is -3.58. The molecule has 0 saturated heterocycles. The molecule has 0 N–H and O–H groups in total. The molecule has 162 valence electrons. The van der Waals surface area contributed by atoms with Crippen molar-refractivity contribution in [3.63, 3.8) is 0 Å². The molecule has 3 aromatic rings. The molecule has 0 saturated carbocycles. The second-order valence-electron chi connectivity index (χ2n) is 6.92. The fourth-order valence-corrected chi connectivity index (χ4v) is 3.48. The van der Waals surface area contributed by atoms with Gasteiger partial charge >= 0.3 is 0 Å². The minimum atomic E-state index is -0.248. The van der Waals surface area contributed by atoms with Gasteiger partial charge in [-0.2, -0.15) is 0 Å². The Labute approximate surface area is 193 Å². The van der Waals surface area contributed by atoms with E-state index in [2.05, 4.69) is 15.9 Å². The Bertz CT molecular complexity index is 1210. The van der Waals surface area contributed by atoms with Gasteiger partial charge in [-0.3, -0.25) is 9.59 Å². The molecule has 0 spiro atoms. The van der Waals surface area contributed by atoms with Crippen LogP contribution >= 0.6 is 15.9 Å². The van der Waals surface area contributed by atoms with Crippen LogP contribution in [0.25, 0.3) is 6.08 Å². The molecule has 0 atom stereocenters. The Kier molecular flexibility index (Phi) is 6.28. The number of methoxy groups -OCH3 is 2. The fraction of sp³-hybridized carbons (Fsp3) is 0.120. The van der Waals surface area contributed by atoms with Crippen molar-refractivity contribution < 1.29 is 28.5 Å². The number of allylic oxidation sites excluding steroid dienone is 1. The number of carbonyl (C=O) groups excluding carboxylic acids is 2. The van der Waals surface area contributed by atoms with Gasteiger partial charge in [0.2, 0.25) is 5.78 Å². The molecule has 6 nitrogen and oxygen atoms in total. The second kappa shape index (κ2) is 9.28. The van der Waals surface area contributed by atoms with Crippen molar-refractivity contribution >= 4 is 33.6 Å². The summed E-state index contributed by atoms with van der Waals surface area (Å²) < 4.78 is 22.9. The van der Waals surface area contributed by atoms with Gasteiger partial charge in [0, 0.05) is 21.7 Å². The Morgan fingerprint density at radius 1 is 0.969 bits per heavy atom. The highest BCUT2D eigenvalue weighted by atomic mass is 79.9. The molecule has 1 aliphatic heterocycles. The summed E-state index contributed by atoms with van der Waals surface area (Å²) in [5, 5.41) is 0. The van der Waals surface area contributed by atoms with Crippen LogP contribution < -0.4 is 18.9 Å². The molecule has 0 unspecified atom stereocenters. The van der Waals surface area contributed by atoms with Gasteiger partial charge in [-0.15, -0.1) is 0 Å². The summed E-state index contributed by atoms with van der Waals surface area (Å²) in [6.45, 7) is -0.127. The van der Waals surface area contributed by atoms with Crippen molar-refractivity contribution in [3.05, 3.63) is 87.6 Å². The maximum absolute atomic E-state index is 12.8. The number of benzene rings is 3. The molecule has 0 radical (unpaired) electrons. The van der Waals surface area contributed by atoms with Crippen LogP contribution in [0.2, 0.25) is 0 Å². The largest absolute Gasteiger partial charge is 0.497 e. The lowest BCUT2D eigenvalue weighted by Gasteiger charge is -2.08. The fourth-order valence-electron chi connectivity index (χ4n) is 3.22. The van der Waals surface area contributed by atoms with E-state index in [0.29, 0.717) is 39.7 Å². The minimum Gasteiger partial charge on any atom is -0.497 e. The topological polar surface area (TPSA) is 71.1 Å². The van der Waals surface area contributed by atoms with Crippen molar-refractivity contribution in [1.82, 2.24) is 0 Å². The van der Waals surface area contributed by atoms with Crippen molar-refractivity contribution in [2.45, 2.75) is 0 Å². The molecule has 0 aromatic heterocycles. The quantitative estimate of drug-likeness (QED) is 0.326. The number of rotatable bonds is 7. The molecule has 0 amide bonds. The first-order chi connectivity index (χ1) is 15.5. The van der Waals surface area contributed by atoms with E-state index in [1.165, 1.54) is 0 Å². The number of hydrogen-bond donors (Lipinski definition) is 0. The van der Waals surface area contributed by atoms with E-state index in [0.717, 1.165) is 4.47 Å². The van der Waals surface area contributed by atoms with Gasteiger partial charge in [-0.05, 0) is 48.5 Å². The van der Waals surface area contributed by atoms with Crippen molar-refractivity contribution in [3.8, 4) is 23.0 Å². The van der Waals surface area contributed by atoms with E-state index in [4.69, 9.17) is 18.9 Å². The summed E-state index contributed by atoms with van der Waals surface area (Å²) in [5.41, 5.74) is 1.63. The zero-order valence-corrected chi connectivity index (χ0v) is 19.0. The van der Waals surface area contributed by atoms with E-state index in [9.17, 15) is 9.59 Å². The Balaban J connectivity index is 1.50. The monoisotopic (exact) mass is 494 g/mol. The highest BCUT2D eigenvalue weighted by Gasteiger charge is 2.28. The summed E-state index contributed by atoms with van der Waals surface area (Å²) in [7, 11) is 3.11. The maximum atomic E-state index is 12.8. The molecule has 1 aliphatic rings.